The third kappa shape index (κ3) is 2.86. The molecule has 2 atom stereocenters. The van der Waals surface area contributed by atoms with E-state index in [1.165, 1.54) is 4.88 Å². The molecule has 2 fully saturated rings. The number of nitrogens with zero attached hydrogens (tertiary/aromatic N) is 2. The lowest BCUT2D eigenvalue weighted by Gasteiger charge is -2.34. The lowest BCUT2D eigenvalue weighted by Crippen LogP contribution is -2.48. The Balaban J connectivity index is 1.47. The van der Waals surface area contributed by atoms with Gasteiger partial charge < -0.3 is 10.0 Å². The van der Waals surface area contributed by atoms with Crippen LogP contribution < -0.4 is 0 Å². The normalized spacial score (nSPS) is 26.5. The Morgan fingerprint density at radius 2 is 2.00 bits per heavy atom. The lowest BCUT2D eigenvalue weighted by molar-refractivity contribution is -0.142. The molecule has 0 aromatic carbocycles. The molecule has 0 radical (unpaired) electrons. The first-order valence-electron chi connectivity index (χ1n) is 6.91. The lowest BCUT2D eigenvalue weighted by atomic mass is 10.2. The molecule has 0 unspecified atom stereocenters. The summed E-state index contributed by atoms with van der Waals surface area (Å²) in [5.74, 6) is -1.50. The first-order chi connectivity index (χ1) is 9.65. The Hall–Kier alpha value is -1.40. The van der Waals surface area contributed by atoms with Gasteiger partial charge in [-0.2, -0.15) is 0 Å². The van der Waals surface area contributed by atoms with Crippen molar-refractivity contribution in [3.05, 3.63) is 22.4 Å². The second-order valence-electron chi connectivity index (χ2n) is 5.47. The van der Waals surface area contributed by atoms with Crippen molar-refractivity contribution in [1.29, 1.82) is 0 Å². The minimum atomic E-state index is -0.834. The monoisotopic (exact) mass is 294 g/mol. The number of carboxylic acid groups (broad SMARTS) is 1. The van der Waals surface area contributed by atoms with Gasteiger partial charge >= 0.3 is 5.97 Å². The number of carbonyl (C=O) groups excluding carboxylic acids is 1. The molecule has 1 N–H and O–H groups in total. The Morgan fingerprint density at radius 1 is 1.25 bits per heavy atom. The smallest absolute Gasteiger partial charge is 0.307 e. The SMILES string of the molecule is O=C(O)[C@H]1C[C@H]1C(=O)N1CCN(Cc2cccs2)CC1. The fraction of sp³-hybridized carbons (Fsp3) is 0.571. The molecule has 0 spiro atoms. The highest BCUT2D eigenvalue weighted by atomic mass is 32.1. The molecule has 0 bridgehead atoms. The Morgan fingerprint density at radius 3 is 2.55 bits per heavy atom. The van der Waals surface area contributed by atoms with Crippen molar-refractivity contribution >= 4 is 23.2 Å². The third-order valence-corrected chi connectivity index (χ3v) is 4.93. The summed E-state index contributed by atoms with van der Waals surface area (Å²) in [6.45, 7) is 4.11. The molecule has 1 saturated heterocycles. The standard InChI is InChI=1S/C14H18N2O3S/c17-13(11-8-12(11)14(18)19)16-5-3-15(4-6-16)9-10-2-1-7-20-10/h1-2,7,11-12H,3-6,8-9H2,(H,18,19)/t11-,12+/m1/s1. The van der Waals surface area contributed by atoms with E-state index in [2.05, 4.69) is 22.4 Å². The number of piperazine rings is 1. The van der Waals surface area contributed by atoms with Crippen molar-refractivity contribution in [2.24, 2.45) is 11.8 Å². The summed E-state index contributed by atoms with van der Waals surface area (Å²) in [6, 6.07) is 4.18. The summed E-state index contributed by atoms with van der Waals surface area (Å²) in [5.41, 5.74) is 0. The van der Waals surface area contributed by atoms with E-state index in [-0.39, 0.29) is 11.8 Å². The number of aliphatic carboxylic acids is 1. The highest BCUT2D eigenvalue weighted by Crippen LogP contribution is 2.40. The first-order valence-corrected chi connectivity index (χ1v) is 7.79. The Kier molecular flexibility index (Phi) is 3.76. The van der Waals surface area contributed by atoms with Crippen LogP contribution in [0.5, 0.6) is 0 Å². The molecular formula is C14H18N2O3S. The van der Waals surface area contributed by atoms with Crippen molar-refractivity contribution in [3.8, 4) is 0 Å². The van der Waals surface area contributed by atoms with E-state index in [1.807, 2.05) is 4.90 Å². The van der Waals surface area contributed by atoms with Crippen LogP contribution in [0.1, 0.15) is 11.3 Å². The highest BCUT2D eigenvalue weighted by Gasteiger charge is 2.49. The van der Waals surface area contributed by atoms with Crippen molar-refractivity contribution in [2.75, 3.05) is 26.2 Å². The van der Waals surface area contributed by atoms with Gasteiger partial charge in [0.15, 0.2) is 0 Å². The quantitative estimate of drug-likeness (QED) is 0.904. The van der Waals surface area contributed by atoms with E-state index >= 15 is 0 Å². The largest absolute Gasteiger partial charge is 0.481 e. The Bertz CT molecular complexity index is 495. The molecule has 20 heavy (non-hydrogen) atoms. The van der Waals surface area contributed by atoms with Crippen LogP contribution in [0.2, 0.25) is 0 Å². The average molecular weight is 294 g/mol. The van der Waals surface area contributed by atoms with Crippen molar-refractivity contribution < 1.29 is 14.7 Å². The maximum atomic E-state index is 12.1. The van der Waals surface area contributed by atoms with Gasteiger partial charge in [-0.1, -0.05) is 6.07 Å². The van der Waals surface area contributed by atoms with Gasteiger partial charge in [-0.3, -0.25) is 14.5 Å². The molecule has 5 nitrogen and oxygen atoms in total. The number of carbonyl (C=O) groups is 2. The molecule has 108 valence electrons. The van der Waals surface area contributed by atoms with Crippen LogP contribution in [0.4, 0.5) is 0 Å². The van der Waals surface area contributed by atoms with Gasteiger partial charge in [-0.25, -0.2) is 0 Å². The van der Waals surface area contributed by atoms with Gasteiger partial charge in [0.05, 0.1) is 11.8 Å². The minimum absolute atomic E-state index is 0.0353. The zero-order valence-electron chi connectivity index (χ0n) is 11.2. The van der Waals surface area contributed by atoms with Gasteiger partial charge in [0.25, 0.3) is 0 Å². The predicted octanol–water partition coefficient (Wildman–Crippen LogP) is 1.11. The van der Waals surface area contributed by atoms with E-state index in [9.17, 15) is 9.59 Å². The number of carboxylic acids is 1. The molecule has 2 heterocycles. The van der Waals surface area contributed by atoms with E-state index in [4.69, 9.17) is 5.11 Å². The summed E-state index contributed by atoms with van der Waals surface area (Å²) in [4.78, 5) is 28.5. The second kappa shape index (κ2) is 5.54. The van der Waals surface area contributed by atoms with Crippen LogP contribution in [0, 0.1) is 11.8 Å². The fourth-order valence-corrected chi connectivity index (χ4v) is 3.47. The third-order valence-electron chi connectivity index (χ3n) is 4.07. The maximum absolute atomic E-state index is 12.1. The summed E-state index contributed by atoms with van der Waals surface area (Å²) in [7, 11) is 0. The summed E-state index contributed by atoms with van der Waals surface area (Å²) in [6.07, 6.45) is 0.517. The number of rotatable bonds is 4. The van der Waals surface area contributed by atoms with Gasteiger partial charge in [0.1, 0.15) is 0 Å². The van der Waals surface area contributed by atoms with E-state index in [1.54, 1.807) is 11.3 Å². The van der Waals surface area contributed by atoms with Crippen molar-refractivity contribution in [2.45, 2.75) is 13.0 Å². The number of hydrogen-bond donors (Lipinski definition) is 1. The highest BCUT2D eigenvalue weighted by molar-refractivity contribution is 7.09. The van der Waals surface area contributed by atoms with Crippen LogP contribution in [0.15, 0.2) is 17.5 Å². The van der Waals surface area contributed by atoms with Gasteiger partial charge in [-0.15, -0.1) is 11.3 Å². The topological polar surface area (TPSA) is 60.9 Å². The predicted molar refractivity (Wildman–Crippen MR) is 75.4 cm³/mol. The summed E-state index contributed by atoms with van der Waals surface area (Å²) in [5, 5.41) is 11.0. The van der Waals surface area contributed by atoms with Crippen LogP contribution >= 0.6 is 11.3 Å². The van der Waals surface area contributed by atoms with Crippen molar-refractivity contribution in [3.63, 3.8) is 0 Å². The second-order valence-corrected chi connectivity index (χ2v) is 6.50. The molecule has 1 amide bonds. The van der Waals surface area contributed by atoms with E-state index in [0.717, 1.165) is 19.6 Å². The zero-order chi connectivity index (χ0) is 14.1. The van der Waals surface area contributed by atoms with Crippen LogP contribution in [0.25, 0.3) is 0 Å². The first kappa shape index (κ1) is 13.6. The molecule has 1 aromatic rings. The summed E-state index contributed by atoms with van der Waals surface area (Å²) < 4.78 is 0. The Labute approximate surface area is 121 Å². The van der Waals surface area contributed by atoms with Gasteiger partial charge in [0.2, 0.25) is 5.91 Å². The van der Waals surface area contributed by atoms with Gasteiger partial charge in [-0.05, 0) is 17.9 Å². The maximum Gasteiger partial charge on any atom is 0.307 e. The molecule has 2 aliphatic rings. The molecule has 1 saturated carbocycles. The minimum Gasteiger partial charge on any atom is -0.481 e. The number of amides is 1. The van der Waals surface area contributed by atoms with Gasteiger partial charge in [0, 0.05) is 37.6 Å². The fourth-order valence-electron chi connectivity index (χ4n) is 2.72. The molecule has 1 aliphatic carbocycles. The molecule has 6 heteroatoms. The molecular weight excluding hydrogens is 276 g/mol. The molecule has 3 rings (SSSR count). The van der Waals surface area contributed by atoms with E-state index in [0.29, 0.717) is 19.5 Å². The van der Waals surface area contributed by atoms with E-state index < -0.39 is 11.9 Å². The van der Waals surface area contributed by atoms with Crippen LogP contribution in [-0.2, 0) is 16.1 Å². The molecule has 1 aliphatic heterocycles. The zero-order valence-corrected chi connectivity index (χ0v) is 12.0. The summed E-state index contributed by atoms with van der Waals surface area (Å²) >= 11 is 1.75. The van der Waals surface area contributed by atoms with Crippen LogP contribution in [0.3, 0.4) is 0 Å². The van der Waals surface area contributed by atoms with Crippen molar-refractivity contribution in [1.82, 2.24) is 9.80 Å². The number of thiophene rings is 1. The van der Waals surface area contributed by atoms with Crippen LogP contribution in [-0.4, -0.2) is 53.0 Å². The number of hydrogen-bond acceptors (Lipinski definition) is 4. The molecule has 1 aromatic heterocycles. The average Bonchev–Trinajstić information content (AvgIpc) is 3.10.